The summed E-state index contributed by atoms with van der Waals surface area (Å²) in [5, 5.41) is 3.04. The van der Waals surface area contributed by atoms with Gasteiger partial charge in [0.25, 0.3) is 5.91 Å². The summed E-state index contributed by atoms with van der Waals surface area (Å²) in [5.74, 6) is 1.72. The summed E-state index contributed by atoms with van der Waals surface area (Å²) in [6.07, 6.45) is 3.34. The van der Waals surface area contributed by atoms with Crippen molar-refractivity contribution in [2.24, 2.45) is 0 Å². The molecule has 0 saturated carbocycles. The van der Waals surface area contributed by atoms with Crippen molar-refractivity contribution >= 4 is 11.8 Å². The molecule has 2 aromatic rings. The van der Waals surface area contributed by atoms with Crippen LogP contribution >= 0.6 is 0 Å². The van der Waals surface area contributed by atoms with E-state index in [1.807, 2.05) is 24.8 Å². The molecule has 6 heteroatoms. The number of likely N-dealkylation sites (tertiary alicyclic amines) is 1. The normalized spacial score (nSPS) is 20.5. The van der Waals surface area contributed by atoms with E-state index in [4.69, 9.17) is 9.47 Å². The van der Waals surface area contributed by atoms with E-state index >= 15 is 0 Å². The Kier molecular flexibility index (Phi) is 5.31. The molecule has 3 aliphatic rings. The molecule has 32 heavy (non-hydrogen) atoms. The van der Waals surface area contributed by atoms with Gasteiger partial charge in [0.05, 0.1) is 0 Å². The molecule has 2 amide bonds. The zero-order valence-electron chi connectivity index (χ0n) is 18.7. The van der Waals surface area contributed by atoms with Gasteiger partial charge in [-0.2, -0.15) is 0 Å². The van der Waals surface area contributed by atoms with Gasteiger partial charge in [0.15, 0.2) is 11.5 Å². The topological polar surface area (TPSA) is 67.9 Å². The van der Waals surface area contributed by atoms with Crippen LogP contribution in [0.25, 0.3) is 0 Å². The van der Waals surface area contributed by atoms with Crippen molar-refractivity contribution in [3.8, 4) is 11.5 Å². The summed E-state index contributed by atoms with van der Waals surface area (Å²) in [4.78, 5) is 27.6. The van der Waals surface area contributed by atoms with Crippen LogP contribution in [0.2, 0.25) is 0 Å². The molecule has 2 heterocycles. The molecule has 1 aliphatic carbocycles. The fourth-order valence-corrected chi connectivity index (χ4v) is 5.64. The Morgan fingerprint density at radius 3 is 2.62 bits per heavy atom. The molecule has 1 spiro atoms. The highest BCUT2D eigenvalue weighted by atomic mass is 16.7. The molecule has 6 nitrogen and oxygen atoms in total. The lowest BCUT2D eigenvalue weighted by Crippen LogP contribution is -2.44. The van der Waals surface area contributed by atoms with E-state index in [1.54, 1.807) is 12.1 Å². The third-order valence-electron chi connectivity index (χ3n) is 7.12. The molecule has 1 atom stereocenters. The maximum atomic E-state index is 13.1. The highest BCUT2D eigenvalue weighted by Gasteiger charge is 2.46. The van der Waals surface area contributed by atoms with Crippen molar-refractivity contribution in [2.45, 2.75) is 56.9 Å². The minimum absolute atomic E-state index is 0.0392. The molecule has 1 fully saturated rings. The number of hydrogen-bond acceptors (Lipinski definition) is 4. The van der Waals surface area contributed by atoms with Crippen LogP contribution in [-0.4, -0.2) is 42.6 Å². The minimum atomic E-state index is 0.0392. The van der Waals surface area contributed by atoms with E-state index in [0.29, 0.717) is 36.6 Å². The van der Waals surface area contributed by atoms with Gasteiger partial charge < -0.3 is 19.7 Å². The molecule has 0 radical (unpaired) electrons. The first-order chi connectivity index (χ1) is 15.4. The Hall–Kier alpha value is -3.02. The molecule has 1 N–H and O–H groups in total. The largest absolute Gasteiger partial charge is 0.454 e. The highest BCUT2D eigenvalue weighted by Crippen LogP contribution is 2.52. The smallest absolute Gasteiger partial charge is 0.253 e. The fraction of sp³-hybridized carbons (Fsp3) is 0.462. The quantitative estimate of drug-likeness (QED) is 0.790. The van der Waals surface area contributed by atoms with Gasteiger partial charge in [-0.3, -0.25) is 9.59 Å². The molecule has 2 aromatic carbocycles. The lowest BCUT2D eigenvalue weighted by molar-refractivity contribution is -0.122. The Labute approximate surface area is 188 Å². The van der Waals surface area contributed by atoms with Crippen LogP contribution in [0.5, 0.6) is 11.5 Å². The summed E-state index contributed by atoms with van der Waals surface area (Å²) < 4.78 is 10.8. The molecular formula is C26H30N2O4. The molecule has 0 unspecified atom stereocenters. The van der Waals surface area contributed by atoms with Gasteiger partial charge >= 0.3 is 0 Å². The van der Waals surface area contributed by atoms with Crippen molar-refractivity contribution in [2.75, 3.05) is 19.9 Å². The molecule has 0 aromatic heterocycles. The van der Waals surface area contributed by atoms with Crippen LogP contribution in [0.1, 0.15) is 66.9 Å². The van der Waals surface area contributed by atoms with E-state index in [-0.39, 0.29) is 36.0 Å². The minimum Gasteiger partial charge on any atom is -0.454 e. The molecular weight excluding hydrogens is 404 g/mol. The van der Waals surface area contributed by atoms with Crippen LogP contribution in [0.15, 0.2) is 42.5 Å². The average Bonchev–Trinajstić information content (AvgIpc) is 3.36. The summed E-state index contributed by atoms with van der Waals surface area (Å²) in [6, 6.07) is 14.1. The molecule has 5 rings (SSSR count). The van der Waals surface area contributed by atoms with Crippen LogP contribution in [0.3, 0.4) is 0 Å². The standard InChI is InChI=1S/C26H30N2O4/c1-17(2)27-24(29)14-19-15-26(21-6-4-3-5-20(19)21)9-11-28(12-10-26)25(30)18-7-8-22-23(13-18)32-16-31-22/h3-8,13,17,19H,9-12,14-16H2,1-2H3,(H,27,29)/t19-/m1/s1. The number of fused-ring (bicyclic) bond motifs is 3. The number of amides is 2. The van der Waals surface area contributed by atoms with Crippen molar-refractivity contribution in [3.63, 3.8) is 0 Å². The van der Waals surface area contributed by atoms with E-state index in [9.17, 15) is 9.59 Å². The number of rotatable bonds is 4. The third-order valence-corrected chi connectivity index (χ3v) is 7.12. The number of benzene rings is 2. The second-order valence-electron chi connectivity index (χ2n) is 9.56. The number of nitrogens with zero attached hydrogens (tertiary/aromatic N) is 1. The number of hydrogen-bond donors (Lipinski definition) is 1. The number of carbonyl (C=O) groups is 2. The van der Waals surface area contributed by atoms with Crippen molar-refractivity contribution in [3.05, 3.63) is 59.2 Å². The molecule has 0 bridgehead atoms. The third kappa shape index (κ3) is 3.72. The van der Waals surface area contributed by atoms with Crippen molar-refractivity contribution in [1.82, 2.24) is 10.2 Å². The lowest BCUT2D eigenvalue weighted by atomic mass is 9.73. The van der Waals surface area contributed by atoms with Gasteiger partial charge in [0, 0.05) is 31.1 Å². The lowest BCUT2D eigenvalue weighted by Gasteiger charge is -2.40. The predicted octanol–water partition coefficient (Wildman–Crippen LogP) is 3.99. The maximum absolute atomic E-state index is 13.1. The fourth-order valence-electron chi connectivity index (χ4n) is 5.64. The predicted molar refractivity (Wildman–Crippen MR) is 121 cm³/mol. The highest BCUT2D eigenvalue weighted by molar-refractivity contribution is 5.95. The Balaban J connectivity index is 1.30. The number of piperidine rings is 1. The first-order valence-electron chi connectivity index (χ1n) is 11.5. The van der Waals surface area contributed by atoms with Gasteiger partial charge in [-0.25, -0.2) is 0 Å². The van der Waals surface area contributed by atoms with Crippen LogP contribution in [0.4, 0.5) is 0 Å². The van der Waals surface area contributed by atoms with Gasteiger partial charge in [-0.15, -0.1) is 0 Å². The molecule has 2 aliphatic heterocycles. The van der Waals surface area contributed by atoms with Gasteiger partial charge in [-0.05, 0) is 73.8 Å². The SMILES string of the molecule is CC(C)NC(=O)C[C@@H]1CC2(CCN(C(=O)c3ccc4c(c3)OCO4)CC2)c2ccccc21. The van der Waals surface area contributed by atoms with E-state index in [2.05, 4.69) is 29.6 Å². The second kappa shape index (κ2) is 8.15. The second-order valence-corrected chi connectivity index (χ2v) is 9.56. The maximum Gasteiger partial charge on any atom is 0.253 e. The van der Waals surface area contributed by atoms with Gasteiger partial charge in [0.2, 0.25) is 12.7 Å². The number of nitrogens with one attached hydrogen (secondary N) is 1. The Morgan fingerprint density at radius 1 is 1.09 bits per heavy atom. The van der Waals surface area contributed by atoms with Crippen LogP contribution in [-0.2, 0) is 10.2 Å². The van der Waals surface area contributed by atoms with Crippen molar-refractivity contribution < 1.29 is 19.1 Å². The first kappa shape index (κ1) is 20.9. The monoisotopic (exact) mass is 434 g/mol. The Morgan fingerprint density at radius 2 is 1.84 bits per heavy atom. The summed E-state index contributed by atoms with van der Waals surface area (Å²) in [5.41, 5.74) is 3.37. The van der Waals surface area contributed by atoms with Gasteiger partial charge in [-0.1, -0.05) is 24.3 Å². The van der Waals surface area contributed by atoms with E-state index < -0.39 is 0 Å². The summed E-state index contributed by atoms with van der Waals surface area (Å²) in [7, 11) is 0. The van der Waals surface area contributed by atoms with Crippen molar-refractivity contribution in [1.29, 1.82) is 0 Å². The molecule has 1 saturated heterocycles. The van der Waals surface area contributed by atoms with Gasteiger partial charge in [0.1, 0.15) is 0 Å². The van der Waals surface area contributed by atoms with E-state index in [0.717, 1.165) is 19.3 Å². The number of carbonyl (C=O) groups excluding carboxylic acids is 2. The zero-order valence-corrected chi connectivity index (χ0v) is 18.7. The van der Waals surface area contributed by atoms with E-state index in [1.165, 1.54) is 11.1 Å². The summed E-state index contributed by atoms with van der Waals surface area (Å²) >= 11 is 0. The summed E-state index contributed by atoms with van der Waals surface area (Å²) in [6.45, 7) is 5.62. The van der Waals surface area contributed by atoms with Crippen LogP contribution in [0, 0.1) is 0 Å². The van der Waals surface area contributed by atoms with Crippen LogP contribution < -0.4 is 14.8 Å². The zero-order chi connectivity index (χ0) is 22.3. The number of ether oxygens (including phenoxy) is 2. The average molecular weight is 435 g/mol. The first-order valence-corrected chi connectivity index (χ1v) is 11.5. The molecule has 168 valence electrons. The Bertz CT molecular complexity index is 1040.